The topological polar surface area (TPSA) is 125 Å². The number of sulfonamides is 1. The number of halogens is 1. The number of para-hydroxylation sites is 1. The average molecular weight is 437 g/mol. The molecule has 3 N–H and O–H groups in total. The molecule has 9 nitrogen and oxygen atoms in total. The van der Waals surface area contributed by atoms with Crippen molar-refractivity contribution in [3.8, 4) is 11.5 Å². The van der Waals surface area contributed by atoms with Gasteiger partial charge >= 0.3 is 0 Å². The molecule has 0 aliphatic carbocycles. The molecular formula is C19H20FN3O6S. The van der Waals surface area contributed by atoms with Crippen molar-refractivity contribution in [3.05, 3.63) is 54.3 Å². The van der Waals surface area contributed by atoms with E-state index < -0.39 is 45.8 Å². The van der Waals surface area contributed by atoms with E-state index in [0.29, 0.717) is 4.31 Å². The van der Waals surface area contributed by atoms with Crippen LogP contribution in [0.4, 0.5) is 4.39 Å². The highest BCUT2D eigenvalue weighted by Crippen LogP contribution is 2.35. The normalized spacial score (nSPS) is 18.7. The number of hydrogen-bond acceptors (Lipinski definition) is 7. The Kier molecular flexibility index (Phi) is 5.79. The number of rotatable bonds is 5. The van der Waals surface area contributed by atoms with Gasteiger partial charge in [-0.3, -0.25) is 20.1 Å². The Bertz CT molecular complexity index is 1070. The molecule has 1 heterocycles. The average Bonchev–Trinajstić information content (AvgIpc) is 2.68. The number of piperazine rings is 1. The molecule has 11 heteroatoms. The third-order valence-corrected chi connectivity index (χ3v) is 6.74. The number of amides is 2. The first-order chi connectivity index (χ1) is 14.1. The second kappa shape index (κ2) is 8.01. The van der Waals surface area contributed by atoms with Crippen molar-refractivity contribution in [1.82, 2.24) is 15.1 Å². The quantitative estimate of drug-likeness (QED) is 0.477. The first-order valence-electron chi connectivity index (χ1n) is 8.87. The first kappa shape index (κ1) is 21.7. The van der Waals surface area contributed by atoms with Crippen LogP contribution in [0, 0.1) is 5.82 Å². The van der Waals surface area contributed by atoms with Crippen LogP contribution in [0.3, 0.4) is 0 Å². The fourth-order valence-corrected chi connectivity index (χ4v) is 5.22. The third-order valence-electron chi connectivity index (χ3n) is 4.70. The van der Waals surface area contributed by atoms with Gasteiger partial charge in [-0.2, -0.15) is 0 Å². The molecule has 1 unspecified atom stereocenters. The van der Waals surface area contributed by atoms with Crippen LogP contribution >= 0.6 is 0 Å². The predicted molar refractivity (Wildman–Crippen MR) is 103 cm³/mol. The highest BCUT2D eigenvalue weighted by atomic mass is 32.2. The maximum atomic E-state index is 13.5. The molecule has 0 spiro atoms. The van der Waals surface area contributed by atoms with Crippen molar-refractivity contribution >= 4 is 21.8 Å². The molecule has 3 rings (SSSR count). The van der Waals surface area contributed by atoms with Crippen molar-refractivity contribution in [3.63, 3.8) is 0 Å². The van der Waals surface area contributed by atoms with Gasteiger partial charge in [-0.05, 0) is 50.2 Å². The zero-order valence-corrected chi connectivity index (χ0v) is 16.9. The summed E-state index contributed by atoms with van der Waals surface area (Å²) in [5, 5.41) is 11.6. The summed E-state index contributed by atoms with van der Waals surface area (Å²) in [7, 11) is -4.47. The fraction of sp³-hybridized carbons (Fsp3) is 0.263. The molecule has 0 aromatic heterocycles. The Morgan fingerprint density at radius 2 is 1.87 bits per heavy atom. The molecular weight excluding hydrogens is 417 g/mol. The van der Waals surface area contributed by atoms with Gasteiger partial charge in [0.2, 0.25) is 0 Å². The van der Waals surface area contributed by atoms with E-state index in [1.807, 2.05) is 0 Å². The lowest BCUT2D eigenvalue weighted by atomic mass is 9.91. The smallest absolute Gasteiger partial charge is 0.270 e. The van der Waals surface area contributed by atoms with Gasteiger partial charge in [0, 0.05) is 0 Å². The van der Waals surface area contributed by atoms with Gasteiger partial charge in [0.15, 0.2) is 0 Å². The molecule has 1 aliphatic heterocycles. The molecule has 1 aliphatic rings. The molecule has 0 bridgehead atoms. The Morgan fingerprint density at radius 1 is 1.23 bits per heavy atom. The summed E-state index contributed by atoms with van der Waals surface area (Å²) in [5.41, 5.74) is -0.0757. The van der Waals surface area contributed by atoms with Gasteiger partial charge in [-0.15, -0.1) is 0 Å². The highest BCUT2D eigenvalue weighted by molar-refractivity contribution is 7.89. The van der Waals surface area contributed by atoms with Crippen LogP contribution in [0.15, 0.2) is 53.4 Å². The van der Waals surface area contributed by atoms with Crippen molar-refractivity contribution in [2.75, 3.05) is 6.54 Å². The number of benzene rings is 2. The largest absolute Gasteiger partial charge is 0.456 e. The number of hydroxylamine groups is 1. The summed E-state index contributed by atoms with van der Waals surface area (Å²) >= 11 is 0. The minimum Gasteiger partial charge on any atom is -0.456 e. The molecule has 1 saturated heterocycles. The summed E-state index contributed by atoms with van der Waals surface area (Å²) in [6, 6.07) is 9.46. The van der Waals surface area contributed by atoms with Crippen LogP contribution in [0.2, 0.25) is 0 Å². The first-order valence-corrected chi connectivity index (χ1v) is 10.3. The van der Waals surface area contributed by atoms with Crippen molar-refractivity contribution < 1.29 is 32.3 Å². The molecule has 1 fully saturated rings. The Morgan fingerprint density at radius 3 is 2.50 bits per heavy atom. The maximum absolute atomic E-state index is 13.5. The molecule has 30 heavy (non-hydrogen) atoms. The Hall–Kier alpha value is -3.02. The Labute approximate surface area is 172 Å². The lowest BCUT2D eigenvalue weighted by Crippen LogP contribution is -2.71. The van der Waals surface area contributed by atoms with Gasteiger partial charge in [-0.1, -0.05) is 12.1 Å². The summed E-state index contributed by atoms with van der Waals surface area (Å²) in [5.74, 6) is -2.02. The van der Waals surface area contributed by atoms with Gasteiger partial charge in [0.25, 0.3) is 21.8 Å². The fourth-order valence-electron chi connectivity index (χ4n) is 3.35. The van der Waals surface area contributed by atoms with Crippen LogP contribution in [-0.2, 0) is 19.6 Å². The minimum atomic E-state index is -4.47. The van der Waals surface area contributed by atoms with E-state index in [1.165, 1.54) is 49.7 Å². The van der Waals surface area contributed by atoms with Crippen molar-refractivity contribution in [2.45, 2.75) is 30.3 Å². The molecule has 0 radical (unpaired) electrons. The highest BCUT2D eigenvalue weighted by Gasteiger charge is 2.52. The molecule has 0 saturated carbocycles. The minimum absolute atomic E-state index is 0.0746. The zero-order valence-electron chi connectivity index (χ0n) is 16.1. The van der Waals surface area contributed by atoms with E-state index in [9.17, 15) is 22.4 Å². The SMILES string of the molecule is CC1(C)C(C(=O)NO)NCC(=O)N1S(=O)(=O)c1ccccc1Oc1ccc(F)cc1. The lowest BCUT2D eigenvalue weighted by molar-refractivity contribution is -0.141. The van der Waals surface area contributed by atoms with E-state index in [4.69, 9.17) is 9.94 Å². The van der Waals surface area contributed by atoms with Crippen molar-refractivity contribution in [2.24, 2.45) is 0 Å². The van der Waals surface area contributed by atoms with Crippen LogP contribution in [0.5, 0.6) is 11.5 Å². The molecule has 2 aromatic carbocycles. The summed E-state index contributed by atoms with van der Waals surface area (Å²) in [4.78, 5) is 24.3. The van der Waals surface area contributed by atoms with E-state index in [0.717, 1.165) is 12.1 Å². The van der Waals surface area contributed by atoms with E-state index in [-0.39, 0.29) is 16.4 Å². The Balaban J connectivity index is 2.05. The van der Waals surface area contributed by atoms with Crippen LogP contribution < -0.4 is 15.5 Å². The van der Waals surface area contributed by atoms with Gasteiger partial charge in [-0.25, -0.2) is 22.6 Å². The number of nitrogens with one attached hydrogen (secondary N) is 2. The van der Waals surface area contributed by atoms with E-state index in [1.54, 1.807) is 6.07 Å². The van der Waals surface area contributed by atoms with Crippen LogP contribution in [0.25, 0.3) is 0 Å². The van der Waals surface area contributed by atoms with Crippen molar-refractivity contribution in [1.29, 1.82) is 0 Å². The lowest BCUT2D eigenvalue weighted by Gasteiger charge is -2.45. The second-order valence-corrected chi connectivity index (χ2v) is 8.86. The van der Waals surface area contributed by atoms with Crippen LogP contribution in [-0.4, -0.2) is 47.9 Å². The number of nitrogens with zero attached hydrogens (tertiary/aromatic N) is 1. The molecule has 160 valence electrons. The third kappa shape index (κ3) is 3.86. The molecule has 2 amide bonds. The zero-order chi connectivity index (χ0) is 22.1. The van der Waals surface area contributed by atoms with Gasteiger partial charge in [0.1, 0.15) is 28.3 Å². The summed E-state index contributed by atoms with van der Waals surface area (Å²) in [6.07, 6.45) is 0. The maximum Gasteiger partial charge on any atom is 0.270 e. The standard InChI is InChI=1S/C19H20FN3O6S/c1-19(2)17(18(25)22-26)21-11-16(24)23(19)30(27,28)15-6-4-3-5-14(15)29-13-9-7-12(20)8-10-13/h3-10,17,21,26H,11H2,1-2H3,(H,22,25). The van der Waals surface area contributed by atoms with Crippen LogP contribution in [0.1, 0.15) is 13.8 Å². The molecule has 1 atom stereocenters. The van der Waals surface area contributed by atoms with Gasteiger partial charge in [0.05, 0.1) is 12.1 Å². The predicted octanol–water partition coefficient (Wildman–Crippen LogP) is 1.39. The van der Waals surface area contributed by atoms with E-state index >= 15 is 0 Å². The van der Waals surface area contributed by atoms with E-state index in [2.05, 4.69) is 5.32 Å². The number of carbonyl (C=O) groups is 2. The monoisotopic (exact) mass is 437 g/mol. The number of hydrogen-bond donors (Lipinski definition) is 3. The molecule has 2 aromatic rings. The number of carbonyl (C=O) groups excluding carboxylic acids is 2. The number of ether oxygens (including phenoxy) is 1. The second-order valence-electron chi connectivity index (χ2n) is 7.11. The van der Waals surface area contributed by atoms with Gasteiger partial charge < -0.3 is 4.74 Å². The summed E-state index contributed by atoms with van der Waals surface area (Å²) < 4.78 is 46.3. The summed E-state index contributed by atoms with van der Waals surface area (Å²) in [6.45, 7) is 2.34.